The fourth-order valence-electron chi connectivity index (χ4n) is 4.41. The Morgan fingerprint density at radius 3 is 2.26 bits per heavy atom. The van der Waals surface area contributed by atoms with Crippen LogP contribution in [0.5, 0.6) is 0 Å². The molecule has 1 aromatic heterocycles. The molecule has 0 amide bonds. The topological polar surface area (TPSA) is 28.5 Å². The molecule has 3 nitrogen and oxygen atoms in total. The lowest BCUT2D eigenvalue weighted by Crippen LogP contribution is -2.17. The Balaban J connectivity index is 0.000000187. The van der Waals surface area contributed by atoms with Gasteiger partial charge in [-0.05, 0) is 80.8 Å². The van der Waals surface area contributed by atoms with E-state index in [1.165, 1.54) is 45.4 Å². The van der Waals surface area contributed by atoms with Crippen molar-refractivity contribution in [1.29, 1.82) is 0 Å². The Kier molecular flexibility index (Phi) is 13.5. The summed E-state index contributed by atoms with van der Waals surface area (Å²) in [6.45, 7) is 11.3. The number of halogens is 1. The monoisotopic (exact) mass is 658 g/mol. The highest BCUT2D eigenvalue weighted by Crippen LogP contribution is 2.30. The number of aryl methyl sites for hydroxylation is 2. The van der Waals surface area contributed by atoms with Crippen LogP contribution in [0, 0.1) is 11.4 Å². The first-order chi connectivity index (χ1) is 20.0. The van der Waals surface area contributed by atoms with Crippen molar-refractivity contribution in [3.05, 3.63) is 134 Å². The molecule has 218 valence electrons. The second kappa shape index (κ2) is 17.1. The smallest absolute Gasteiger partial charge is 0.317 e. The lowest BCUT2D eigenvalue weighted by atomic mass is 10.1. The van der Waals surface area contributed by atoms with Crippen LogP contribution in [0.1, 0.15) is 51.1 Å². The van der Waals surface area contributed by atoms with Crippen LogP contribution in [0.2, 0.25) is 0 Å². The summed E-state index contributed by atoms with van der Waals surface area (Å²) in [7, 11) is 0. The van der Waals surface area contributed by atoms with E-state index in [9.17, 15) is 0 Å². The van der Waals surface area contributed by atoms with Gasteiger partial charge in [-0.1, -0.05) is 92.2 Å². The standard InChI is InChI=1S/C17H18N2S.C10H14.C8H5BrNS.CH4/c1-3-11-19(14-7-5-4-6-8-14)15-9-10-17-16(12-15)18-13(2)20-17;1-2-3-7-10-8-5-4-6-9-10;1-5-10-7-4-6(9)2-3-8(7)11-5;/h4-10,12H,3,11H2,1-2H3;4-6,8-9H,2-3,7H2,1H3;2-4H,1H2;1H4/q;;+1;. The summed E-state index contributed by atoms with van der Waals surface area (Å²) in [5.41, 5.74) is 5.02. The largest absolute Gasteiger partial charge is 0.341 e. The van der Waals surface area contributed by atoms with E-state index in [4.69, 9.17) is 0 Å². The third kappa shape index (κ3) is 9.69. The number of rotatable bonds is 7. The van der Waals surface area contributed by atoms with Gasteiger partial charge in [0.2, 0.25) is 0 Å². The number of anilines is 2. The maximum Gasteiger partial charge on any atom is 0.317 e. The molecule has 0 aliphatic carbocycles. The molecule has 0 bridgehead atoms. The van der Waals surface area contributed by atoms with Crippen molar-refractivity contribution in [1.82, 2.24) is 4.98 Å². The normalized spacial score (nSPS) is 11.1. The van der Waals surface area contributed by atoms with E-state index in [-0.39, 0.29) is 7.43 Å². The maximum absolute atomic E-state index is 4.60. The first kappa shape index (κ1) is 33.3. The predicted molar refractivity (Wildman–Crippen MR) is 191 cm³/mol. The van der Waals surface area contributed by atoms with Crippen molar-refractivity contribution in [2.45, 2.75) is 53.9 Å². The van der Waals surface area contributed by atoms with Gasteiger partial charge in [0.25, 0.3) is 15.9 Å². The number of aromatic nitrogens is 1. The maximum atomic E-state index is 4.60. The number of hydrogen-bond acceptors (Lipinski definition) is 4. The number of benzene rings is 4. The average Bonchev–Trinajstić information content (AvgIpc) is 3.56. The Hall–Kier alpha value is -3.19. The van der Waals surface area contributed by atoms with E-state index in [0.29, 0.717) is 0 Å². The molecule has 0 saturated carbocycles. The van der Waals surface area contributed by atoms with E-state index in [1.54, 1.807) is 22.7 Å². The minimum atomic E-state index is 0. The minimum absolute atomic E-state index is 0. The summed E-state index contributed by atoms with van der Waals surface area (Å²) in [5.74, 6) is 0. The van der Waals surface area contributed by atoms with Gasteiger partial charge in [-0.15, -0.1) is 11.3 Å². The number of para-hydroxylation sites is 1. The van der Waals surface area contributed by atoms with Gasteiger partial charge in [-0.25, -0.2) is 4.98 Å². The number of hydrogen-bond donors (Lipinski definition) is 0. The van der Waals surface area contributed by atoms with E-state index in [1.807, 2.05) is 18.2 Å². The molecule has 1 aliphatic rings. The highest BCUT2D eigenvalue weighted by atomic mass is 79.9. The lowest BCUT2D eigenvalue weighted by Gasteiger charge is -2.24. The zero-order valence-electron chi connectivity index (χ0n) is 24.0. The van der Waals surface area contributed by atoms with Crippen LogP contribution in [0.15, 0.2) is 118 Å². The average molecular weight is 660 g/mol. The van der Waals surface area contributed by atoms with Gasteiger partial charge in [-0.2, -0.15) is 4.99 Å². The molecule has 42 heavy (non-hydrogen) atoms. The molecule has 0 saturated heterocycles. The Labute approximate surface area is 267 Å². The van der Waals surface area contributed by atoms with Gasteiger partial charge < -0.3 is 4.90 Å². The molecular weight excluding hydrogens is 618 g/mol. The van der Waals surface area contributed by atoms with E-state index < -0.39 is 0 Å². The van der Waals surface area contributed by atoms with Crippen LogP contribution in [0.25, 0.3) is 10.2 Å². The van der Waals surface area contributed by atoms with Crippen molar-refractivity contribution in [2.24, 2.45) is 4.99 Å². The number of fused-ring (bicyclic) bond motifs is 2. The highest BCUT2D eigenvalue weighted by molar-refractivity contribution is 9.10. The van der Waals surface area contributed by atoms with Gasteiger partial charge in [0, 0.05) is 28.5 Å². The number of unbranched alkanes of at least 4 members (excludes halogenated alkanes) is 1. The molecule has 6 rings (SSSR count). The summed E-state index contributed by atoms with van der Waals surface area (Å²) in [4.78, 5) is 11.2. The molecule has 0 atom stereocenters. The third-order valence-electron chi connectivity index (χ3n) is 6.36. The molecule has 0 spiro atoms. The highest BCUT2D eigenvalue weighted by Gasteiger charge is 2.12. The minimum Gasteiger partial charge on any atom is -0.341 e. The zero-order valence-corrected chi connectivity index (χ0v) is 27.2. The fourth-order valence-corrected chi connectivity index (χ4v) is 6.31. The van der Waals surface area contributed by atoms with Crippen molar-refractivity contribution < 1.29 is 0 Å². The summed E-state index contributed by atoms with van der Waals surface area (Å²) < 4.78 is 3.52. The number of thiazole rings is 1. The van der Waals surface area contributed by atoms with Gasteiger partial charge in [0.1, 0.15) is 5.36 Å². The Morgan fingerprint density at radius 2 is 1.57 bits per heavy atom. The molecule has 0 N–H and O–H groups in total. The first-order valence-corrected chi connectivity index (χ1v) is 16.5. The zero-order chi connectivity index (χ0) is 29.0. The van der Waals surface area contributed by atoms with Crippen molar-refractivity contribution in [2.75, 3.05) is 11.4 Å². The number of nitrogens with zero attached hydrogens (tertiary/aromatic N) is 3. The van der Waals surface area contributed by atoms with E-state index in [0.717, 1.165) is 38.3 Å². The van der Waals surface area contributed by atoms with Crippen LogP contribution < -0.4 is 10.3 Å². The summed E-state index contributed by atoms with van der Waals surface area (Å²) in [6.07, 6.45) is 4.94. The molecule has 1 aliphatic heterocycles. The molecule has 2 heterocycles. The molecule has 6 heteroatoms. The quantitative estimate of drug-likeness (QED) is 0.129. The molecular formula is C36H41BrN3S2+. The Morgan fingerprint density at radius 1 is 0.857 bits per heavy atom. The van der Waals surface area contributed by atoms with Crippen molar-refractivity contribution >= 4 is 60.2 Å². The van der Waals surface area contributed by atoms with Gasteiger partial charge in [0.05, 0.1) is 15.2 Å². The van der Waals surface area contributed by atoms with Gasteiger partial charge >= 0.3 is 5.03 Å². The van der Waals surface area contributed by atoms with Crippen molar-refractivity contribution in [3.63, 3.8) is 0 Å². The predicted octanol–water partition coefficient (Wildman–Crippen LogP) is 10.7. The molecule has 0 radical (unpaired) electrons. The van der Waals surface area contributed by atoms with Crippen LogP contribution in [0.4, 0.5) is 11.4 Å². The summed E-state index contributed by atoms with van der Waals surface area (Å²) in [5, 5.41) is 3.02. The van der Waals surface area contributed by atoms with Crippen LogP contribution in [-0.4, -0.2) is 11.5 Å². The van der Waals surface area contributed by atoms with Crippen LogP contribution >= 0.6 is 27.3 Å². The second-order valence-electron chi connectivity index (χ2n) is 9.68. The Bertz CT molecular complexity index is 1680. The molecule has 0 unspecified atom stereocenters. The SMILES string of the molecule is C.C=C1N=c2cc(Br)ccc2=[S+]1.CCCCc1ccccc1.CCCN(c1ccccc1)c1ccc2sc(C)nc2c1. The second-order valence-corrected chi connectivity index (χ2v) is 12.9. The summed E-state index contributed by atoms with van der Waals surface area (Å²) in [6, 6.07) is 33.8. The van der Waals surface area contributed by atoms with E-state index in [2.05, 4.69) is 137 Å². The molecule has 5 aromatic rings. The lowest BCUT2D eigenvalue weighted by molar-refractivity contribution is 0.795. The summed E-state index contributed by atoms with van der Waals surface area (Å²) >= 11 is 6.76. The molecule has 4 aromatic carbocycles. The first-order valence-electron chi connectivity index (χ1n) is 14.1. The van der Waals surface area contributed by atoms with E-state index >= 15 is 0 Å². The molecule has 0 fully saturated rings. The van der Waals surface area contributed by atoms with Crippen molar-refractivity contribution in [3.8, 4) is 0 Å². The van der Waals surface area contributed by atoms with Gasteiger partial charge in [-0.3, -0.25) is 0 Å². The fraction of sp³-hybridized carbons (Fsp3) is 0.250. The van der Waals surface area contributed by atoms with Crippen LogP contribution in [0.3, 0.4) is 0 Å². The van der Waals surface area contributed by atoms with Crippen LogP contribution in [-0.2, 0) is 17.8 Å². The van der Waals surface area contributed by atoms with Gasteiger partial charge in [0.15, 0.2) is 0 Å². The third-order valence-corrected chi connectivity index (χ3v) is 8.70.